The quantitative estimate of drug-likeness (QED) is 0.797. The molecule has 1 amide bonds. The normalized spacial score (nSPS) is 20.8. The Morgan fingerprint density at radius 3 is 2.43 bits per heavy atom. The van der Waals surface area contributed by atoms with Crippen LogP contribution < -0.4 is 4.90 Å². The van der Waals surface area contributed by atoms with Gasteiger partial charge >= 0.3 is 5.97 Å². The van der Waals surface area contributed by atoms with Gasteiger partial charge in [-0.15, -0.1) is 0 Å². The first-order valence-electron chi connectivity index (χ1n) is 8.40. The summed E-state index contributed by atoms with van der Waals surface area (Å²) in [5.74, 6) is -0.299. The number of ether oxygens (including phenoxy) is 1. The highest BCUT2D eigenvalue weighted by Crippen LogP contribution is 2.22. The van der Waals surface area contributed by atoms with Crippen LogP contribution in [0, 0.1) is 0 Å². The number of benzene rings is 1. The molecule has 0 unspecified atom stereocenters. The third kappa shape index (κ3) is 3.49. The minimum atomic E-state index is -0.406. The predicted octanol–water partition coefficient (Wildman–Crippen LogP) is 1.99. The summed E-state index contributed by atoms with van der Waals surface area (Å²) >= 11 is 0. The minimum Gasteiger partial charge on any atom is -0.467 e. The van der Waals surface area contributed by atoms with Gasteiger partial charge < -0.3 is 14.5 Å². The Morgan fingerprint density at radius 2 is 1.78 bits per heavy atom. The Kier molecular flexibility index (Phi) is 4.84. The maximum absolute atomic E-state index is 12.5. The van der Waals surface area contributed by atoms with E-state index in [-0.39, 0.29) is 11.9 Å². The second kappa shape index (κ2) is 7.02. The zero-order valence-corrected chi connectivity index (χ0v) is 13.7. The highest BCUT2D eigenvalue weighted by Gasteiger charge is 2.34. The molecule has 1 atom stereocenters. The van der Waals surface area contributed by atoms with E-state index in [1.807, 2.05) is 12.1 Å². The average molecular weight is 316 g/mol. The molecule has 2 aliphatic heterocycles. The number of nitrogens with zero attached hydrogens (tertiary/aromatic N) is 2. The highest BCUT2D eigenvalue weighted by molar-refractivity contribution is 5.86. The molecule has 0 aliphatic carbocycles. The number of hydrogen-bond donors (Lipinski definition) is 0. The van der Waals surface area contributed by atoms with Crippen LogP contribution in [0.25, 0.3) is 0 Å². The smallest absolute Gasteiger partial charge is 0.328 e. The van der Waals surface area contributed by atoms with Crippen LogP contribution in [0.5, 0.6) is 0 Å². The van der Waals surface area contributed by atoms with Gasteiger partial charge in [-0.1, -0.05) is 12.1 Å². The van der Waals surface area contributed by atoms with E-state index in [1.54, 1.807) is 4.90 Å². The van der Waals surface area contributed by atoms with Crippen molar-refractivity contribution in [2.24, 2.45) is 0 Å². The predicted molar refractivity (Wildman–Crippen MR) is 88.3 cm³/mol. The number of rotatable bonds is 4. The maximum Gasteiger partial charge on any atom is 0.328 e. The zero-order valence-electron chi connectivity index (χ0n) is 13.7. The van der Waals surface area contributed by atoms with Gasteiger partial charge in [-0.25, -0.2) is 4.79 Å². The van der Waals surface area contributed by atoms with Gasteiger partial charge in [0.15, 0.2) is 0 Å². The number of esters is 1. The van der Waals surface area contributed by atoms with Crippen molar-refractivity contribution in [1.29, 1.82) is 0 Å². The minimum absolute atomic E-state index is 0.00632. The van der Waals surface area contributed by atoms with Crippen LogP contribution in [0.2, 0.25) is 0 Å². The number of methoxy groups -OCH3 is 1. The standard InChI is InChI=1S/C18H24N2O3/c1-23-18(22)16-5-4-12-20(16)17(21)13-14-6-8-15(9-7-14)19-10-2-3-11-19/h6-9,16H,2-5,10-13H2,1H3/t16-/m1/s1. The van der Waals surface area contributed by atoms with Crippen LogP contribution in [0.3, 0.4) is 0 Å². The van der Waals surface area contributed by atoms with Gasteiger partial charge in [0.1, 0.15) is 6.04 Å². The van der Waals surface area contributed by atoms with Gasteiger partial charge in [0, 0.05) is 25.3 Å². The highest BCUT2D eigenvalue weighted by atomic mass is 16.5. The van der Waals surface area contributed by atoms with E-state index in [0.717, 1.165) is 25.1 Å². The van der Waals surface area contributed by atoms with Gasteiger partial charge in [0.2, 0.25) is 5.91 Å². The van der Waals surface area contributed by atoms with Gasteiger partial charge in [-0.2, -0.15) is 0 Å². The van der Waals surface area contributed by atoms with Crippen molar-refractivity contribution in [2.75, 3.05) is 31.6 Å². The van der Waals surface area contributed by atoms with Crippen molar-refractivity contribution in [3.63, 3.8) is 0 Å². The average Bonchev–Trinajstić information content (AvgIpc) is 3.26. The van der Waals surface area contributed by atoms with E-state index in [1.165, 1.54) is 25.6 Å². The van der Waals surface area contributed by atoms with Gasteiger partial charge in [0.05, 0.1) is 13.5 Å². The first-order valence-corrected chi connectivity index (χ1v) is 8.40. The lowest BCUT2D eigenvalue weighted by Crippen LogP contribution is -2.41. The first-order chi connectivity index (χ1) is 11.2. The van der Waals surface area contributed by atoms with Crippen LogP contribution in [-0.2, 0) is 20.7 Å². The molecule has 0 aromatic heterocycles. The SMILES string of the molecule is COC(=O)[C@H]1CCCN1C(=O)Cc1ccc(N2CCCC2)cc1. The van der Waals surface area contributed by atoms with Crippen molar-refractivity contribution in [3.05, 3.63) is 29.8 Å². The van der Waals surface area contributed by atoms with Crippen LogP contribution in [0.1, 0.15) is 31.2 Å². The molecule has 124 valence electrons. The molecular weight excluding hydrogens is 292 g/mol. The Labute approximate surface area is 137 Å². The largest absolute Gasteiger partial charge is 0.467 e. The summed E-state index contributed by atoms with van der Waals surface area (Å²) in [4.78, 5) is 28.3. The second-order valence-electron chi connectivity index (χ2n) is 6.31. The van der Waals surface area contributed by atoms with Crippen LogP contribution >= 0.6 is 0 Å². The summed E-state index contributed by atoms with van der Waals surface area (Å²) in [6, 6.07) is 7.82. The molecule has 3 rings (SSSR count). The Balaban J connectivity index is 1.62. The third-order valence-corrected chi connectivity index (χ3v) is 4.81. The maximum atomic E-state index is 12.5. The molecule has 0 saturated carbocycles. The molecular formula is C18H24N2O3. The van der Waals surface area contributed by atoms with Crippen molar-refractivity contribution in [1.82, 2.24) is 4.90 Å². The molecule has 2 aliphatic rings. The Bertz CT molecular complexity index is 564. The van der Waals surface area contributed by atoms with E-state index in [4.69, 9.17) is 4.74 Å². The van der Waals surface area contributed by atoms with E-state index in [9.17, 15) is 9.59 Å². The number of hydrogen-bond acceptors (Lipinski definition) is 4. The van der Waals surface area contributed by atoms with Crippen molar-refractivity contribution in [3.8, 4) is 0 Å². The van der Waals surface area contributed by atoms with E-state index in [0.29, 0.717) is 19.4 Å². The van der Waals surface area contributed by atoms with Gasteiger partial charge in [-0.3, -0.25) is 4.79 Å². The Hall–Kier alpha value is -2.04. The molecule has 5 heteroatoms. The lowest BCUT2D eigenvalue weighted by atomic mass is 10.1. The van der Waals surface area contributed by atoms with Crippen LogP contribution in [0.15, 0.2) is 24.3 Å². The molecule has 2 heterocycles. The molecule has 1 aromatic carbocycles. The van der Waals surface area contributed by atoms with Crippen molar-refractivity contribution < 1.29 is 14.3 Å². The topological polar surface area (TPSA) is 49.9 Å². The lowest BCUT2D eigenvalue weighted by Gasteiger charge is -2.23. The molecule has 0 radical (unpaired) electrons. The zero-order chi connectivity index (χ0) is 16.2. The molecule has 1 aromatic rings. The van der Waals surface area contributed by atoms with Gasteiger partial charge in [0.25, 0.3) is 0 Å². The molecule has 2 fully saturated rings. The van der Waals surface area contributed by atoms with Crippen molar-refractivity contribution in [2.45, 2.75) is 38.1 Å². The fourth-order valence-electron chi connectivity index (χ4n) is 3.52. The molecule has 0 N–H and O–H groups in total. The van der Waals surface area contributed by atoms with Crippen LogP contribution in [-0.4, -0.2) is 49.6 Å². The fourth-order valence-corrected chi connectivity index (χ4v) is 3.52. The Morgan fingerprint density at radius 1 is 1.09 bits per heavy atom. The molecule has 0 spiro atoms. The summed E-state index contributed by atoms with van der Waals surface area (Å²) in [5, 5.41) is 0. The number of amides is 1. The van der Waals surface area contributed by atoms with Crippen molar-refractivity contribution >= 4 is 17.6 Å². The molecule has 0 bridgehead atoms. The first kappa shape index (κ1) is 15.8. The summed E-state index contributed by atoms with van der Waals surface area (Å²) < 4.78 is 4.80. The summed E-state index contributed by atoms with van der Waals surface area (Å²) in [7, 11) is 1.38. The number of anilines is 1. The second-order valence-corrected chi connectivity index (χ2v) is 6.31. The summed E-state index contributed by atoms with van der Waals surface area (Å²) in [5.41, 5.74) is 2.22. The van der Waals surface area contributed by atoms with Crippen LogP contribution in [0.4, 0.5) is 5.69 Å². The van der Waals surface area contributed by atoms with E-state index in [2.05, 4.69) is 17.0 Å². The monoisotopic (exact) mass is 316 g/mol. The van der Waals surface area contributed by atoms with E-state index >= 15 is 0 Å². The van der Waals surface area contributed by atoms with E-state index < -0.39 is 6.04 Å². The number of carbonyl (C=O) groups is 2. The summed E-state index contributed by atoms with van der Waals surface area (Å²) in [6.45, 7) is 2.88. The number of carbonyl (C=O) groups excluding carboxylic acids is 2. The summed E-state index contributed by atoms with van der Waals surface area (Å²) in [6.07, 6.45) is 4.41. The third-order valence-electron chi connectivity index (χ3n) is 4.81. The molecule has 23 heavy (non-hydrogen) atoms. The molecule has 5 nitrogen and oxygen atoms in total. The van der Waals surface area contributed by atoms with Gasteiger partial charge in [-0.05, 0) is 43.4 Å². The number of likely N-dealkylation sites (tertiary alicyclic amines) is 1. The lowest BCUT2D eigenvalue weighted by molar-refractivity contribution is -0.150. The molecule has 2 saturated heterocycles. The fraction of sp³-hybridized carbons (Fsp3) is 0.556.